The summed E-state index contributed by atoms with van der Waals surface area (Å²) in [5.41, 5.74) is 6.63. The number of halogens is 2. The van der Waals surface area contributed by atoms with Gasteiger partial charge >= 0.3 is 0 Å². The first-order chi connectivity index (χ1) is 12.2. The number of aromatic nitrogens is 1. The van der Waals surface area contributed by atoms with E-state index in [-0.39, 0.29) is 30.7 Å². The minimum Gasteiger partial charge on any atom is -0.492 e. The van der Waals surface area contributed by atoms with Gasteiger partial charge < -0.3 is 20.7 Å². The topological polar surface area (TPSA) is 80.5 Å². The maximum Gasteiger partial charge on any atom is 0.257 e. The Balaban J connectivity index is 0.00000338. The van der Waals surface area contributed by atoms with Crippen LogP contribution in [0.1, 0.15) is 30.6 Å². The molecule has 0 radical (unpaired) electrons. The fraction of sp³-hybridized carbons (Fsp3) is 0.368. The van der Waals surface area contributed by atoms with E-state index in [1.807, 2.05) is 6.07 Å². The van der Waals surface area contributed by atoms with Crippen molar-refractivity contribution in [3.8, 4) is 5.75 Å². The van der Waals surface area contributed by atoms with Crippen molar-refractivity contribution >= 4 is 42.2 Å². The maximum atomic E-state index is 12.3. The monoisotopic (exact) mass is 414 g/mol. The predicted molar refractivity (Wildman–Crippen MR) is 116 cm³/mol. The highest BCUT2D eigenvalue weighted by Crippen LogP contribution is 2.17. The molecule has 0 spiro atoms. The van der Waals surface area contributed by atoms with Gasteiger partial charge in [0.05, 0.1) is 5.56 Å². The first kappa shape index (κ1) is 25.0. The molecule has 0 aliphatic rings. The summed E-state index contributed by atoms with van der Waals surface area (Å²) in [5.74, 6) is 1.43. The van der Waals surface area contributed by atoms with E-state index < -0.39 is 0 Å². The highest BCUT2D eigenvalue weighted by molar-refractivity contribution is 6.04. The summed E-state index contributed by atoms with van der Waals surface area (Å²) in [4.78, 5) is 18.9. The van der Waals surface area contributed by atoms with Crippen molar-refractivity contribution in [3.05, 3.63) is 48.2 Å². The van der Waals surface area contributed by atoms with Gasteiger partial charge in [0, 0.05) is 31.5 Å². The van der Waals surface area contributed by atoms with Crippen molar-refractivity contribution in [2.75, 3.05) is 36.5 Å². The average Bonchev–Trinajstić information content (AvgIpc) is 2.65. The second-order valence-electron chi connectivity index (χ2n) is 5.60. The summed E-state index contributed by atoms with van der Waals surface area (Å²) in [6.45, 7) is 7.01. The van der Waals surface area contributed by atoms with Gasteiger partial charge in [-0.3, -0.25) is 4.79 Å². The number of carbonyl (C=O) groups excluding carboxylic acids is 1. The largest absolute Gasteiger partial charge is 0.492 e. The normalized spacial score (nSPS) is 9.59. The fourth-order valence-corrected chi connectivity index (χ4v) is 2.43. The molecule has 2 aromatic rings. The number of nitrogens with two attached hydrogens (primary N) is 1. The van der Waals surface area contributed by atoms with Crippen LogP contribution in [0.15, 0.2) is 42.6 Å². The average molecular weight is 415 g/mol. The van der Waals surface area contributed by atoms with E-state index in [2.05, 4.69) is 29.0 Å². The van der Waals surface area contributed by atoms with Crippen LogP contribution in [0.5, 0.6) is 5.75 Å². The second kappa shape index (κ2) is 13.2. The molecule has 0 aliphatic heterocycles. The quantitative estimate of drug-likeness (QED) is 0.652. The van der Waals surface area contributed by atoms with Crippen LogP contribution in [0, 0.1) is 0 Å². The third kappa shape index (κ3) is 7.62. The van der Waals surface area contributed by atoms with Crippen molar-refractivity contribution in [1.29, 1.82) is 0 Å². The number of hydrogen-bond donors (Lipinski definition) is 2. The second-order valence-corrected chi connectivity index (χ2v) is 5.60. The van der Waals surface area contributed by atoms with Crippen LogP contribution in [0.3, 0.4) is 0 Å². The van der Waals surface area contributed by atoms with Gasteiger partial charge in [-0.05, 0) is 49.7 Å². The lowest BCUT2D eigenvalue weighted by molar-refractivity contribution is 0.102. The Labute approximate surface area is 173 Å². The lowest BCUT2D eigenvalue weighted by Crippen LogP contribution is -2.24. The lowest BCUT2D eigenvalue weighted by atomic mass is 10.2. The molecule has 0 unspecified atom stereocenters. The number of nitrogens with zero attached hydrogens (tertiary/aromatic N) is 2. The Morgan fingerprint density at radius 3 is 2.37 bits per heavy atom. The molecule has 6 nitrogen and oxygen atoms in total. The lowest BCUT2D eigenvalue weighted by Gasteiger charge is -2.21. The number of hydrogen-bond acceptors (Lipinski definition) is 5. The Bertz CT molecular complexity index is 666. The van der Waals surface area contributed by atoms with Gasteiger partial charge in [-0.2, -0.15) is 0 Å². The van der Waals surface area contributed by atoms with E-state index >= 15 is 0 Å². The number of ether oxygens (including phenoxy) is 1. The van der Waals surface area contributed by atoms with Crippen LogP contribution < -0.4 is 20.7 Å². The van der Waals surface area contributed by atoms with Gasteiger partial charge in [0.15, 0.2) is 0 Å². The van der Waals surface area contributed by atoms with Crippen molar-refractivity contribution in [2.45, 2.75) is 20.3 Å². The van der Waals surface area contributed by atoms with Crippen LogP contribution in [0.25, 0.3) is 0 Å². The molecule has 1 aromatic carbocycles. The van der Waals surface area contributed by atoms with Crippen LogP contribution in [-0.4, -0.2) is 37.1 Å². The number of pyridine rings is 1. The first-order valence-electron chi connectivity index (χ1n) is 8.63. The molecule has 1 aromatic heterocycles. The molecule has 0 saturated heterocycles. The summed E-state index contributed by atoms with van der Waals surface area (Å²) in [6.07, 6.45) is 2.67. The molecule has 1 amide bonds. The first-order valence-corrected chi connectivity index (χ1v) is 8.63. The van der Waals surface area contributed by atoms with Crippen LogP contribution >= 0.6 is 24.8 Å². The smallest absolute Gasteiger partial charge is 0.257 e. The summed E-state index contributed by atoms with van der Waals surface area (Å²) in [5, 5.41) is 2.86. The van der Waals surface area contributed by atoms with Crippen molar-refractivity contribution in [3.63, 3.8) is 0 Å². The number of carbonyl (C=O) groups is 1. The Kier molecular flexibility index (Phi) is 12.2. The number of benzene rings is 1. The number of rotatable bonds is 9. The summed E-state index contributed by atoms with van der Waals surface area (Å²) >= 11 is 0. The van der Waals surface area contributed by atoms with Gasteiger partial charge in [-0.25, -0.2) is 4.98 Å². The maximum absolute atomic E-state index is 12.3. The third-order valence-electron chi connectivity index (χ3n) is 3.71. The van der Waals surface area contributed by atoms with E-state index in [1.165, 1.54) is 0 Å². The standard InChI is InChI=1S/C19H26N4O2.2ClH/c1-3-12-23(4-2)18-10-5-15(14-21-18)19(24)22-16-6-8-17(9-7-16)25-13-11-20;;/h5-10,14H,3-4,11-13,20H2,1-2H3,(H,22,24);2*1H. The van der Waals surface area contributed by atoms with Gasteiger partial charge in [0.1, 0.15) is 18.2 Å². The zero-order valence-corrected chi connectivity index (χ0v) is 17.3. The van der Waals surface area contributed by atoms with Gasteiger partial charge in [0.2, 0.25) is 0 Å². The molecule has 150 valence electrons. The SMILES string of the molecule is CCCN(CC)c1ccc(C(=O)Nc2ccc(OCCN)cc2)cn1.Cl.Cl. The fourth-order valence-electron chi connectivity index (χ4n) is 2.43. The van der Waals surface area contributed by atoms with Gasteiger partial charge in [0.25, 0.3) is 5.91 Å². The summed E-state index contributed by atoms with van der Waals surface area (Å²) < 4.78 is 5.41. The zero-order chi connectivity index (χ0) is 18.1. The minimum atomic E-state index is -0.187. The van der Waals surface area contributed by atoms with Crippen LogP contribution in [-0.2, 0) is 0 Å². The highest BCUT2D eigenvalue weighted by atomic mass is 35.5. The Morgan fingerprint density at radius 2 is 1.85 bits per heavy atom. The predicted octanol–water partition coefficient (Wildman–Crippen LogP) is 3.75. The van der Waals surface area contributed by atoms with Gasteiger partial charge in [-0.15, -0.1) is 24.8 Å². The van der Waals surface area contributed by atoms with Crippen LogP contribution in [0.2, 0.25) is 0 Å². The molecule has 0 aliphatic carbocycles. The van der Waals surface area contributed by atoms with E-state index in [1.54, 1.807) is 36.5 Å². The molecule has 0 fully saturated rings. The molecule has 1 heterocycles. The highest BCUT2D eigenvalue weighted by Gasteiger charge is 2.09. The third-order valence-corrected chi connectivity index (χ3v) is 3.71. The van der Waals surface area contributed by atoms with E-state index in [4.69, 9.17) is 10.5 Å². The van der Waals surface area contributed by atoms with E-state index in [0.717, 1.165) is 31.1 Å². The number of nitrogens with one attached hydrogen (secondary N) is 1. The summed E-state index contributed by atoms with van der Waals surface area (Å²) in [7, 11) is 0. The van der Waals surface area contributed by atoms with Crippen molar-refractivity contribution in [2.24, 2.45) is 5.73 Å². The molecule has 3 N–H and O–H groups in total. The molecular weight excluding hydrogens is 387 g/mol. The van der Waals surface area contributed by atoms with Crippen LogP contribution in [0.4, 0.5) is 11.5 Å². The molecular formula is C19H28Cl2N4O2. The Hall–Kier alpha value is -2.02. The molecule has 2 rings (SSSR count). The molecule has 0 saturated carbocycles. The number of anilines is 2. The van der Waals surface area contributed by atoms with E-state index in [9.17, 15) is 4.79 Å². The zero-order valence-electron chi connectivity index (χ0n) is 15.7. The van der Waals surface area contributed by atoms with Crippen molar-refractivity contribution in [1.82, 2.24) is 4.98 Å². The van der Waals surface area contributed by atoms with Gasteiger partial charge in [-0.1, -0.05) is 6.92 Å². The number of amides is 1. The molecule has 0 bridgehead atoms. The molecule has 0 atom stereocenters. The Morgan fingerprint density at radius 1 is 1.15 bits per heavy atom. The summed E-state index contributed by atoms with van der Waals surface area (Å²) in [6, 6.07) is 10.9. The minimum absolute atomic E-state index is 0. The molecule has 8 heteroatoms. The molecule has 27 heavy (non-hydrogen) atoms. The van der Waals surface area contributed by atoms with E-state index in [0.29, 0.717) is 24.4 Å². The van der Waals surface area contributed by atoms with Crippen molar-refractivity contribution < 1.29 is 9.53 Å².